The van der Waals surface area contributed by atoms with E-state index in [2.05, 4.69) is 48.4 Å². The summed E-state index contributed by atoms with van der Waals surface area (Å²) >= 11 is 0. The van der Waals surface area contributed by atoms with Gasteiger partial charge < -0.3 is 0 Å². The van der Waals surface area contributed by atoms with Gasteiger partial charge in [0.05, 0.1) is 17.0 Å². The molecule has 1 fully saturated rings. The van der Waals surface area contributed by atoms with Crippen molar-refractivity contribution < 1.29 is 4.92 Å². The number of hydrogen-bond acceptors (Lipinski definition) is 4. The molecule has 0 aromatic heterocycles. The van der Waals surface area contributed by atoms with Crippen LogP contribution in [0.25, 0.3) is 0 Å². The van der Waals surface area contributed by atoms with Gasteiger partial charge in [0.2, 0.25) is 0 Å². The molecule has 1 saturated heterocycles. The lowest BCUT2D eigenvalue weighted by Gasteiger charge is -2.28. The van der Waals surface area contributed by atoms with Crippen molar-refractivity contribution >= 4 is 5.69 Å². The molecule has 1 aliphatic rings. The second kappa shape index (κ2) is 5.87. The maximum Gasteiger partial charge on any atom is 0.269 e. The second-order valence-corrected chi connectivity index (χ2v) is 5.67. The highest BCUT2D eigenvalue weighted by Gasteiger charge is 2.36. The average Bonchev–Trinajstić information content (AvgIpc) is 2.84. The molecule has 2 unspecified atom stereocenters. The van der Waals surface area contributed by atoms with Crippen LogP contribution in [0, 0.1) is 10.1 Å². The summed E-state index contributed by atoms with van der Waals surface area (Å²) in [5.74, 6) is 0. The number of hydrogen-bond donors (Lipinski definition) is 0. The van der Waals surface area contributed by atoms with Crippen molar-refractivity contribution in [3.63, 3.8) is 0 Å². The van der Waals surface area contributed by atoms with Gasteiger partial charge in [0.25, 0.3) is 5.69 Å². The summed E-state index contributed by atoms with van der Waals surface area (Å²) in [5, 5.41) is 15.2. The van der Waals surface area contributed by atoms with E-state index in [1.54, 1.807) is 12.1 Å². The van der Waals surface area contributed by atoms with Crippen LogP contribution in [-0.4, -0.2) is 29.0 Å². The van der Waals surface area contributed by atoms with Gasteiger partial charge in [-0.1, -0.05) is 42.5 Å². The van der Waals surface area contributed by atoms with E-state index < -0.39 is 0 Å². The Bertz CT molecular complexity index is 657. The predicted octanol–water partition coefficient (Wildman–Crippen LogP) is 3.56. The Morgan fingerprint density at radius 3 is 1.91 bits per heavy atom. The standard InChI is InChI=1S/C17H19N3O2/c1-18-16(13-6-4-3-5-7-13)12-17(19(18)2)14-8-10-15(11-9-14)20(21)22/h3-11,16-17H,12H2,1-2H3. The van der Waals surface area contributed by atoms with Gasteiger partial charge in [-0.3, -0.25) is 10.1 Å². The first kappa shape index (κ1) is 14.7. The summed E-state index contributed by atoms with van der Waals surface area (Å²) in [4.78, 5) is 10.4. The summed E-state index contributed by atoms with van der Waals surface area (Å²) < 4.78 is 0. The Hall–Kier alpha value is -2.24. The van der Waals surface area contributed by atoms with Crippen LogP contribution in [0.15, 0.2) is 54.6 Å². The molecule has 0 amide bonds. The molecule has 1 heterocycles. The molecule has 5 nitrogen and oxygen atoms in total. The topological polar surface area (TPSA) is 49.6 Å². The summed E-state index contributed by atoms with van der Waals surface area (Å²) in [6, 6.07) is 17.9. The fourth-order valence-electron chi connectivity index (χ4n) is 3.15. The molecular weight excluding hydrogens is 278 g/mol. The Morgan fingerprint density at radius 2 is 1.41 bits per heavy atom. The lowest BCUT2D eigenvalue weighted by molar-refractivity contribution is -0.384. The van der Waals surface area contributed by atoms with Crippen LogP contribution in [0.5, 0.6) is 0 Å². The van der Waals surface area contributed by atoms with E-state index >= 15 is 0 Å². The van der Waals surface area contributed by atoms with Crippen molar-refractivity contribution in [1.29, 1.82) is 0 Å². The fourth-order valence-corrected chi connectivity index (χ4v) is 3.15. The van der Waals surface area contributed by atoms with Gasteiger partial charge in [0.1, 0.15) is 0 Å². The number of nitro benzene ring substituents is 1. The third-order valence-corrected chi connectivity index (χ3v) is 4.52. The Morgan fingerprint density at radius 1 is 0.909 bits per heavy atom. The molecule has 22 heavy (non-hydrogen) atoms. The Kier molecular flexibility index (Phi) is 3.92. The first-order valence-corrected chi connectivity index (χ1v) is 7.33. The number of rotatable bonds is 3. The molecule has 2 atom stereocenters. The molecule has 5 heteroatoms. The maximum absolute atomic E-state index is 10.8. The molecule has 0 N–H and O–H groups in total. The minimum atomic E-state index is -0.360. The van der Waals surface area contributed by atoms with Gasteiger partial charge >= 0.3 is 0 Å². The zero-order chi connectivity index (χ0) is 15.7. The van der Waals surface area contributed by atoms with Gasteiger partial charge in [0, 0.05) is 26.2 Å². The zero-order valence-electron chi connectivity index (χ0n) is 12.7. The third-order valence-electron chi connectivity index (χ3n) is 4.52. The normalized spacial score (nSPS) is 22.8. The highest BCUT2D eigenvalue weighted by molar-refractivity contribution is 5.35. The Labute approximate surface area is 129 Å². The van der Waals surface area contributed by atoms with Gasteiger partial charge in [0.15, 0.2) is 0 Å². The van der Waals surface area contributed by atoms with Crippen molar-refractivity contribution in [3.8, 4) is 0 Å². The van der Waals surface area contributed by atoms with Crippen LogP contribution in [0.3, 0.4) is 0 Å². The first-order valence-electron chi connectivity index (χ1n) is 7.33. The minimum absolute atomic E-state index is 0.136. The molecule has 2 aromatic rings. The van der Waals surface area contributed by atoms with E-state index in [1.165, 1.54) is 5.56 Å². The Balaban J connectivity index is 1.85. The lowest BCUT2D eigenvalue weighted by Crippen LogP contribution is -2.32. The van der Waals surface area contributed by atoms with Crippen molar-refractivity contribution in [2.75, 3.05) is 14.1 Å². The van der Waals surface area contributed by atoms with Gasteiger partial charge in [-0.15, -0.1) is 0 Å². The highest BCUT2D eigenvalue weighted by atomic mass is 16.6. The third kappa shape index (κ3) is 2.61. The number of nitro groups is 1. The van der Waals surface area contributed by atoms with Crippen LogP contribution in [-0.2, 0) is 0 Å². The largest absolute Gasteiger partial charge is 0.269 e. The maximum atomic E-state index is 10.8. The number of benzene rings is 2. The number of non-ortho nitro benzene ring substituents is 1. The molecule has 0 radical (unpaired) electrons. The van der Waals surface area contributed by atoms with Crippen LogP contribution in [0.1, 0.15) is 29.6 Å². The highest BCUT2D eigenvalue weighted by Crippen LogP contribution is 2.42. The summed E-state index contributed by atoms with van der Waals surface area (Å²) in [6.07, 6.45) is 0.967. The summed E-state index contributed by atoms with van der Waals surface area (Å²) in [5.41, 5.74) is 2.54. The average molecular weight is 297 g/mol. The molecular formula is C17H19N3O2. The van der Waals surface area contributed by atoms with E-state index in [-0.39, 0.29) is 16.7 Å². The van der Waals surface area contributed by atoms with E-state index in [0.717, 1.165) is 12.0 Å². The van der Waals surface area contributed by atoms with Crippen LogP contribution >= 0.6 is 0 Å². The summed E-state index contributed by atoms with van der Waals surface area (Å²) in [6.45, 7) is 0. The van der Waals surface area contributed by atoms with E-state index in [4.69, 9.17) is 0 Å². The molecule has 0 aliphatic carbocycles. The van der Waals surface area contributed by atoms with E-state index in [1.807, 2.05) is 18.2 Å². The smallest absolute Gasteiger partial charge is 0.258 e. The minimum Gasteiger partial charge on any atom is -0.258 e. The fraction of sp³-hybridized carbons (Fsp3) is 0.294. The predicted molar refractivity (Wildman–Crippen MR) is 85.2 cm³/mol. The molecule has 114 valence electrons. The van der Waals surface area contributed by atoms with Crippen LogP contribution in [0.4, 0.5) is 5.69 Å². The quantitative estimate of drug-likeness (QED) is 0.642. The van der Waals surface area contributed by atoms with Crippen LogP contribution < -0.4 is 0 Å². The number of nitrogens with zero attached hydrogens (tertiary/aromatic N) is 3. The van der Waals surface area contributed by atoms with Crippen molar-refractivity contribution in [1.82, 2.24) is 10.0 Å². The van der Waals surface area contributed by atoms with Crippen LogP contribution in [0.2, 0.25) is 0 Å². The monoisotopic (exact) mass is 297 g/mol. The molecule has 3 rings (SSSR count). The van der Waals surface area contributed by atoms with Crippen molar-refractivity contribution in [2.45, 2.75) is 18.5 Å². The number of hydrazine groups is 1. The van der Waals surface area contributed by atoms with Gasteiger partial charge in [-0.2, -0.15) is 0 Å². The summed E-state index contributed by atoms with van der Waals surface area (Å²) in [7, 11) is 4.15. The second-order valence-electron chi connectivity index (χ2n) is 5.67. The molecule has 0 bridgehead atoms. The zero-order valence-corrected chi connectivity index (χ0v) is 12.7. The first-order chi connectivity index (χ1) is 10.6. The molecule has 2 aromatic carbocycles. The molecule has 0 spiro atoms. The SMILES string of the molecule is CN1C(c2ccccc2)CC(c2ccc([N+](=O)[O-])cc2)N1C. The van der Waals surface area contributed by atoms with E-state index in [0.29, 0.717) is 6.04 Å². The van der Waals surface area contributed by atoms with Gasteiger partial charge in [-0.25, -0.2) is 10.0 Å². The van der Waals surface area contributed by atoms with Gasteiger partial charge in [-0.05, 0) is 17.5 Å². The molecule has 0 saturated carbocycles. The molecule has 1 aliphatic heterocycles. The van der Waals surface area contributed by atoms with Crippen molar-refractivity contribution in [2.24, 2.45) is 0 Å². The lowest BCUT2D eigenvalue weighted by atomic mass is 9.97. The van der Waals surface area contributed by atoms with E-state index in [9.17, 15) is 10.1 Å². The van der Waals surface area contributed by atoms with Crippen molar-refractivity contribution in [3.05, 3.63) is 75.8 Å².